The number of methoxy groups -OCH3 is 1. The van der Waals surface area contributed by atoms with Crippen molar-refractivity contribution in [3.8, 4) is 0 Å². The Morgan fingerprint density at radius 1 is 1.19 bits per heavy atom. The Bertz CT molecular complexity index is 683. The van der Waals surface area contributed by atoms with Gasteiger partial charge in [-0.25, -0.2) is 4.79 Å². The van der Waals surface area contributed by atoms with Gasteiger partial charge in [-0.3, -0.25) is 4.79 Å². The molecule has 0 fully saturated rings. The molecule has 2 N–H and O–H groups in total. The summed E-state index contributed by atoms with van der Waals surface area (Å²) in [7, 11) is 1.77. The van der Waals surface area contributed by atoms with Crippen LogP contribution in [0.15, 0.2) is 54.6 Å². The average Bonchev–Trinajstić information content (AvgIpc) is 3.10. The maximum Gasteiger partial charge on any atom is 0.326 e. The molecule has 32 heavy (non-hydrogen) atoms. The number of carboxylic acid groups (broad SMARTS) is 1. The number of ether oxygens (including phenoxy) is 1. The summed E-state index contributed by atoms with van der Waals surface area (Å²) in [5.74, 6) is -0.626. The fourth-order valence-electron chi connectivity index (χ4n) is 2.94. The Morgan fingerprint density at radius 3 is 2.19 bits per heavy atom. The first-order chi connectivity index (χ1) is 15.5. The van der Waals surface area contributed by atoms with Gasteiger partial charge in [0.25, 0.3) is 0 Å². The summed E-state index contributed by atoms with van der Waals surface area (Å²) >= 11 is 0. The van der Waals surface area contributed by atoms with E-state index in [0.29, 0.717) is 12.3 Å². The molecular formula is C27H45NO4. The van der Waals surface area contributed by atoms with Crippen molar-refractivity contribution in [1.82, 2.24) is 5.32 Å². The predicted octanol–water partition coefficient (Wildman–Crippen LogP) is 6.62. The minimum Gasteiger partial charge on any atom is -0.480 e. The summed E-state index contributed by atoms with van der Waals surface area (Å²) in [5, 5.41) is 10.5. The summed E-state index contributed by atoms with van der Waals surface area (Å²) in [5.41, 5.74) is 5.54. The van der Waals surface area contributed by atoms with Crippen LogP contribution in [0.5, 0.6) is 0 Å². The Morgan fingerprint density at radius 2 is 1.75 bits per heavy atom. The molecule has 0 heterocycles. The van der Waals surface area contributed by atoms with Crippen LogP contribution in [-0.2, 0) is 14.3 Å². The molecule has 0 spiro atoms. The van der Waals surface area contributed by atoms with Crippen molar-refractivity contribution in [2.75, 3.05) is 13.7 Å². The first kappa shape index (κ1) is 34.0. The molecule has 1 amide bonds. The van der Waals surface area contributed by atoms with Gasteiger partial charge in [0, 0.05) is 13.0 Å². The van der Waals surface area contributed by atoms with E-state index in [9.17, 15) is 9.59 Å². The van der Waals surface area contributed by atoms with Crippen molar-refractivity contribution in [3.05, 3.63) is 65.8 Å². The van der Waals surface area contributed by atoms with Crippen LogP contribution >= 0.6 is 0 Å². The first-order valence-electron chi connectivity index (χ1n) is 11.5. The van der Waals surface area contributed by atoms with Gasteiger partial charge in [0.1, 0.15) is 6.04 Å². The molecule has 0 radical (unpaired) electrons. The number of rotatable bonds is 8. The Balaban J connectivity index is -0.000000456. The molecule has 2 atom stereocenters. The van der Waals surface area contributed by atoms with Gasteiger partial charge >= 0.3 is 5.97 Å². The molecule has 0 saturated heterocycles. The lowest BCUT2D eigenvalue weighted by Gasteiger charge is -2.12. The van der Waals surface area contributed by atoms with Gasteiger partial charge in [0.15, 0.2) is 0 Å². The van der Waals surface area contributed by atoms with Crippen LogP contribution in [0.4, 0.5) is 0 Å². The van der Waals surface area contributed by atoms with E-state index in [-0.39, 0.29) is 6.42 Å². The third-order valence-corrected chi connectivity index (χ3v) is 4.21. The van der Waals surface area contributed by atoms with E-state index in [4.69, 9.17) is 9.84 Å². The molecule has 1 aromatic carbocycles. The molecule has 1 unspecified atom stereocenters. The van der Waals surface area contributed by atoms with E-state index in [2.05, 4.69) is 62.2 Å². The molecule has 2 rings (SSSR count). The maximum atomic E-state index is 10.2. The highest BCUT2D eigenvalue weighted by atomic mass is 16.5. The van der Waals surface area contributed by atoms with Gasteiger partial charge in [0.05, 0.1) is 6.61 Å². The highest BCUT2D eigenvalue weighted by molar-refractivity contribution is 5.84. The van der Waals surface area contributed by atoms with Crippen LogP contribution in [-0.4, -0.2) is 37.2 Å². The van der Waals surface area contributed by atoms with Crippen LogP contribution in [0.1, 0.15) is 78.9 Å². The average molecular weight is 448 g/mol. The van der Waals surface area contributed by atoms with Gasteiger partial charge in [-0.2, -0.15) is 0 Å². The summed E-state index contributed by atoms with van der Waals surface area (Å²) < 4.78 is 5.32. The molecule has 182 valence electrons. The molecule has 0 aliphatic heterocycles. The molecule has 1 aliphatic carbocycles. The molecular weight excluding hydrogens is 402 g/mol. The number of carbonyl (C=O) groups is 2. The van der Waals surface area contributed by atoms with Crippen molar-refractivity contribution < 1.29 is 19.4 Å². The summed E-state index contributed by atoms with van der Waals surface area (Å²) in [6.45, 7) is 20.4. The quantitative estimate of drug-likeness (QED) is 0.347. The van der Waals surface area contributed by atoms with E-state index in [1.165, 1.54) is 28.3 Å². The third-order valence-electron chi connectivity index (χ3n) is 4.21. The number of carbonyl (C=O) groups excluding carboxylic acids is 1. The van der Waals surface area contributed by atoms with E-state index in [1.807, 2.05) is 41.5 Å². The first-order valence-corrected chi connectivity index (χ1v) is 11.5. The van der Waals surface area contributed by atoms with Crippen LogP contribution < -0.4 is 5.32 Å². The normalized spacial score (nSPS) is 14.0. The van der Waals surface area contributed by atoms with Gasteiger partial charge < -0.3 is 15.2 Å². The van der Waals surface area contributed by atoms with Gasteiger partial charge in [0.2, 0.25) is 6.41 Å². The second-order valence-electron chi connectivity index (χ2n) is 5.89. The number of benzene rings is 1. The number of hydrogen-bond donors (Lipinski definition) is 2. The Kier molecular flexibility index (Phi) is 24.4. The summed E-state index contributed by atoms with van der Waals surface area (Å²) in [4.78, 5) is 20.0. The minimum absolute atomic E-state index is 0.244. The lowest BCUT2D eigenvalue weighted by Crippen LogP contribution is -2.34. The maximum absolute atomic E-state index is 10.2. The van der Waals surface area contributed by atoms with Gasteiger partial charge in [-0.1, -0.05) is 89.6 Å². The number of nitrogens with one attached hydrogen (secondary N) is 1. The molecule has 5 nitrogen and oxygen atoms in total. The van der Waals surface area contributed by atoms with Crippen LogP contribution in [0.2, 0.25) is 0 Å². The monoisotopic (exact) mass is 447 g/mol. The molecule has 0 saturated carbocycles. The van der Waals surface area contributed by atoms with Crippen LogP contribution in [0.25, 0.3) is 5.57 Å². The standard InChI is InChI=1S/C15H18O.C6H9NO3.3C2H6/c1-4-7-12-11(2)15(10-16-3)14-9-6-5-8-13(12)14;1-2-3-5(6(9)10)7-4-8;3*1-2/h4-9,15H,10H2,1-3H3;2,4-5H,1,3H2,(H,7,8)(H,9,10);3*1-2H3/b7-4-;;;;/t;5-;;;/m.0.../s1. The molecule has 1 aromatic rings. The minimum atomic E-state index is -1.05. The SMILES string of the molecule is C/C=C\C1=C(C)C(COC)c2ccccc21.C=CC[C@H](NC=O)C(=O)O.CC.CC.CC. The zero-order valence-electron chi connectivity index (χ0n) is 21.6. The Labute approximate surface area is 196 Å². The second-order valence-corrected chi connectivity index (χ2v) is 5.89. The molecule has 0 bridgehead atoms. The van der Waals surface area contributed by atoms with Gasteiger partial charge in [-0.05, 0) is 37.0 Å². The smallest absolute Gasteiger partial charge is 0.326 e. The van der Waals surface area contributed by atoms with Gasteiger partial charge in [-0.15, -0.1) is 6.58 Å². The van der Waals surface area contributed by atoms with Crippen LogP contribution in [0, 0.1) is 0 Å². The number of carboxylic acids is 1. The van der Waals surface area contributed by atoms with E-state index >= 15 is 0 Å². The van der Waals surface area contributed by atoms with Crippen LogP contribution in [0.3, 0.4) is 0 Å². The van der Waals surface area contributed by atoms with E-state index < -0.39 is 12.0 Å². The fraction of sp³-hybridized carbons (Fsp3) is 0.481. The number of hydrogen-bond acceptors (Lipinski definition) is 3. The lowest BCUT2D eigenvalue weighted by molar-refractivity contribution is -0.140. The summed E-state index contributed by atoms with van der Waals surface area (Å²) in [6.07, 6.45) is 6.35. The lowest BCUT2D eigenvalue weighted by atomic mass is 9.98. The second kappa shape index (κ2) is 23.0. The number of fused-ring (bicyclic) bond motifs is 1. The highest BCUT2D eigenvalue weighted by Gasteiger charge is 2.26. The molecule has 5 heteroatoms. The largest absolute Gasteiger partial charge is 0.480 e. The van der Waals surface area contributed by atoms with Crippen molar-refractivity contribution in [2.45, 2.75) is 73.8 Å². The van der Waals surface area contributed by atoms with Crippen molar-refractivity contribution >= 4 is 18.0 Å². The Hall–Kier alpha value is -2.66. The molecule has 1 aliphatic rings. The topological polar surface area (TPSA) is 75.6 Å². The van der Waals surface area contributed by atoms with Crippen molar-refractivity contribution in [2.24, 2.45) is 0 Å². The number of aliphatic carboxylic acids is 1. The highest BCUT2D eigenvalue weighted by Crippen LogP contribution is 2.42. The van der Waals surface area contributed by atoms with E-state index in [1.54, 1.807) is 7.11 Å². The predicted molar refractivity (Wildman–Crippen MR) is 138 cm³/mol. The van der Waals surface area contributed by atoms with Crippen molar-refractivity contribution in [3.63, 3.8) is 0 Å². The van der Waals surface area contributed by atoms with Crippen molar-refractivity contribution in [1.29, 1.82) is 0 Å². The zero-order chi connectivity index (χ0) is 25.5. The van der Waals surface area contributed by atoms with E-state index in [0.717, 1.165) is 6.61 Å². The number of amides is 1. The third kappa shape index (κ3) is 11.7. The molecule has 0 aromatic heterocycles. The zero-order valence-corrected chi connectivity index (χ0v) is 21.6. The number of allylic oxidation sites excluding steroid dienone is 3. The fourth-order valence-corrected chi connectivity index (χ4v) is 2.94. The summed E-state index contributed by atoms with van der Waals surface area (Å²) in [6, 6.07) is 7.77.